The van der Waals surface area contributed by atoms with E-state index >= 15 is 0 Å². The molecule has 0 saturated heterocycles. The maximum absolute atomic E-state index is 12.8. The van der Waals surface area contributed by atoms with Crippen LogP contribution in [0.3, 0.4) is 0 Å². The van der Waals surface area contributed by atoms with Gasteiger partial charge in [0.05, 0.1) is 6.61 Å². The van der Waals surface area contributed by atoms with Crippen LogP contribution in [0.4, 0.5) is 0 Å². The van der Waals surface area contributed by atoms with E-state index in [1.807, 2.05) is 6.08 Å². The molecule has 0 N–H and O–H groups in total. The largest absolute Gasteiger partial charge is 0.462 e. The number of carbonyl (C=O) groups is 2. The molecule has 0 fully saturated rings. The molecule has 1 atom stereocenters. The minimum Gasteiger partial charge on any atom is -0.462 e. The Hall–Kier alpha value is -3.96. The molecule has 0 aromatic carbocycles. The average Bonchev–Trinajstić information content (AvgIpc) is 3.34. The first kappa shape index (κ1) is 64.0. The van der Waals surface area contributed by atoms with Crippen molar-refractivity contribution in [3.63, 3.8) is 0 Å². The molecule has 0 heterocycles. The Morgan fingerprint density at radius 2 is 0.691 bits per heavy atom. The molecule has 0 spiro atoms. The van der Waals surface area contributed by atoms with Gasteiger partial charge in [-0.1, -0.05) is 244 Å². The zero-order chi connectivity index (χ0) is 49.2. The lowest BCUT2D eigenvalue weighted by molar-refractivity contribution is -0.162. The smallest absolute Gasteiger partial charge is 0.306 e. The Kier molecular flexibility index (Phi) is 54.0. The molecule has 384 valence electrons. The van der Waals surface area contributed by atoms with E-state index in [1.165, 1.54) is 77.0 Å². The van der Waals surface area contributed by atoms with E-state index < -0.39 is 6.10 Å². The van der Waals surface area contributed by atoms with Gasteiger partial charge in [-0.15, -0.1) is 0 Å². The van der Waals surface area contributed by atoms with Gasteiger partial charge in [0.25, 0.3) is 0 Å². The number of ether oxygens (including phenoxy) is 3. The van der Waals surface area contributed by atoms with Gasteiger partial charge in [0.2, 0.25) is 0 Å². The number of carbonyl (C=O) groups excluding carboxylic acids is 2. The summed E-state index contributed by atoms with van der Waals surface area (Å²) in [5, 5.41) is 0. The summed E-state index contributed by atoms with van der Waals surface area (Å²) in [6, 6.07) is 0. The van der Waals surface area contributed by atoms with Crippen LogP contribution in [0.2, 0.25) is 0 Å². The standard InChI is InChI=1S/C63H102O5/c1-4-7-10-13-16-19-22-25-28-30-32-33-36-38-41-44-47-50-53-56-62(64)67-60-61(68-63(65)57-54-51-48-45-42-39-35-27-24-21-18-15-12-9-6-3)59-66-58-55-52-49-46-43-40-37-34-31-29-26-23-20-17-14-11-8-5-2/h7-8,10-11,16-17,19-20,25-26,28-29,32-34,37-38,41,43,46-47,50,61H,4-6,9,12-15,18,21-24,27,30-31,35-36,39-40,42,44-45,48-49,51-60H2,1-3H3/b10-7-,11-8-,19-16-,20-17-,28-25-,29-26-,33-32-,37-34-,41-38-,46-43-,50-47-. The Morgan fingerprint density at radius 3 is 1.09 bits per heavy atom. The highest BCUT2D eigenvalue weighted by Crippen LogP contribution is 2.14. The highest BCUT2D eigenvalue weighted by Gasteiger charge is 2.17. The number of rotatable bonds is 49. The van der Waals surface area contributed by atoms with E-state index in [2.05, 4.69) is 148 Å². The van der Waals surface area contributed by atoms with Crippen molar-refractivity contribution in [2.24, 2.45) is 0 Å². The molecule has 68 heavy (non-hydrogen) atoms. The molecule has 0 radical (unpaired) electrons. The second kappa shape index (κ2) is 57.4. The molecule has 0 aromatic heterocycles. The molecule has 5 heteroatoms. The van der Waals surface area contributed by atoms with Gasteiger partial charge in [0.1, 0.15) is 6.61 Å². The summed E-state index contributed by atoms with van der Waals surface area (Å²) in [4.78, 5) is 25.5. The van der Waals surface area contributed by atoms with E-state index in [4.69, 9.17) is 14.2 Å². The molecule has 0 bridgehead atoms. The Morgan fingerprint density at radius 1 is 0.338 bits per heavy atom. The number of hydrogen-bond acceptors (Lipinski definition) is 5. The fraction of sp³-hybridized carbons (Fsp3) is 0.619. The molecule has 5 nitrogen and oxygen atoms in total. The van der Waals surface area contributed by atoms with Crippen LogP contribution in [0.1, 0.15) is 226 Å². The van der Waals surface area contributed by atoms with E-state index in [-0.39, 0.29) is 25.2 Å². The van der Waals surface area contributed by atoms with Crippen molar-refractivity contribution < 1.29 is 23.8 Å². The number of allylic oxidation sites excluding steroid dienone is 22. The van der Waals surface area contributed by atoms with Crippen molar-refractivity contribution >= 4 is 11.9 Å². The van der Waals surface area contributed by atoms with Crippen molar-refractivity contribution in [3.05, 3.63) is 134 Å². The second-order valence-electron chi connectivity index (χ2n) is 17.7. The zero-order valence-corrected chi connectivity index (χ0v) is 44.1. The summed E-state index contributed by atoms with van der Waals surface area (Å²) in [5.41, 5.74) is 0. The minimum absolute atomic E-state index is 0.0210. The Balaban J connectivity index is 4.49. The fourth-order valence-corrected chi connectivity index (χ4v) is 7.15. The maximum Gasteiger partial charge on any atom is 0.306 e. The Labute approximate surface area is 419 Å². The topological polar surface area (TPSA) is 61.8 Å². The van der Waals surface area contributed by atoms with Gasteiger partial charge in [-0.25, -0.2) is 0 Å². The monoisotopic (exact) mass is 939 g/mol. The molecule has 0 amide bonds. The van der Waals surface area contributed by atoms with Crippen LogP contribution >= 0.6 is 0 Å². The third-order valence-electron chi connectivity index (χ3n) is 11.2. The van der Waals surface area contributed by atoms with Crippen LogP contribution < -0.4 is 0 Å². The highest BCUT2D eigenvalue weighted by atomic mass is 16.6. The SMILES string of the molecule is CC/C=C\C/C=C\C/C=C\C/C=C\C/C=C\C/C=C\CCC(=O)OCC(COCCCC/C=C\C/C=C\C/C=C\C/C=C\C/C=C\CC)OC(=O)CCCCCCCCCCCCCCCCC. The van der Waals surface area contributed by atoms with Gasteiger partial charge in [-0.3, -0.25) is 9.59 Å². The number of unbranched alkanes of at least 4 members (excludes halogenated alkanes) is 16. The lowest BCUT2D eigenvalue weighted by Gasteiger charge is -2.18. The van der Waals surface area contributed by atoms with Gasteiger partial charge < -0.3 is 14.2 Å². The van der Waals surface area contributed by atoms with Crippen LogP contribution in [0.25, 0.3) is 0 Å². The quantitative estimate of drug-likeness (QED) is 0.0345. The zero-order valence-electron chi connectivity index (χ0n) is 44.1. The highest BCUT2D eigenvalue weighted by molar-refractivity contribution is 5.70. The third kappa shape index (κ3) is 54.6. The summed E-state index contributed by atoms with van der Waals surface area (Å²) in [5.74, 6) is -0.522. The molecule has 1 unspecified atom stereocenters. The van der Waals surface area contributed by atoms with Gasteiger partial charge >= 0.3 is 11.9 Å². The lowest BCUT2D eigenvalue weighted by Crippen LogP contribution is -2.30. The van der Waals surface area contributed by atoms with E-state index in [1.54, 1.807) is 0 Å². The molecular weight excluding hydrogens is 837 g/mol. The number of esters is 2. The van der Waals surface area contributed by atoms with Crippen molar-refractivity contribution in [3.8, 4) is 0 Å². The van der Waals surface area contributed by atoms with E-state index in [0.29, 0.717) is 25.9 Å². The predicted molar refractivity (Wildman–Crippen MR) is 297 cm³/mol. The van der Waals surface area contributed by atoms with Gasteiger partial charge in [0.15, 0.2) is 6.10 Å². The summed E-state index contributed by atoms with van der Waals surface area (Å²) in [6.07, 6.45) is 82.0. The molecule has 0 aliphatic heterocycles. The fourth-order valence-electron chi connectivity index (χ4n) is 7.15. The van der Waals surface area contributed by atoms with E-state index in [0.717, 1.165) is 109 Å². The lowest BCUT2D eigenvalue weighted by atomic mass is 10.0. The molecule has 0 rings (SSSR count). The predicted octanol–water partition coefficient (Wildman–Crippen LogP) is 19.1. The summed E-state index contributed by atoms with van der Waals surface area (Å²) < 4.78 is 17.3. The van der Waals surface area contributed by atoms with Crippen molar-refractivity contribution in [1.82, 2.24) is 0 Å². The van der Waals surface area contributed by atoms with Crippen molar-refractivity contribution in [2.45, 2.75) is 232 Å². The summed E-state index contributed by atoms with van der Waals surface area (Å²) in [6.45, 7) is 7.42. The molecule has 0 aromatic rings. The molecule has 0 saturated carbocycles. The Bertz CT molecular complexity index is 1430. The first-order valence-electron chi connectivity index (χ1n) is 27.7. The molecule has 0 aliphatic rings. The van der Waals surface area contributed by atoms with Crippen molar-refractivity contribution in [2.75, 3.05) is 19.8 Å². The van der Waals surface area contributed by atoms with Crippen LogP contribution in [-0.4, -0.2) is 37.9 Å². The van der Waals surface area contributed by atoms with Crippen molar-refractivity contribution in [1.29, 1.82) is 0 Å². The van der Waals surface area contributed by atoms with Gasteiger partial charge in [0, 0.05) is 19.4 Å². The maximum atomic E-state index is 12.8. The minimum atomic E-state index is -0.598. The van der Waals surface area contributed by atoms with Crippen LogP contribution in [0, 0.1) is 0 Å². The van der Waals surface area contributed by atoms with Crippen LogP contribution in [-0.2, 0) is 23.8 Å². The van der Waals surface area contributed by atoms with E-state index in [9.17, 15) is 9.59 Å². The third-order valence-corrected chi connectivity index (χ3v) is 11.2. The van der Waals surface area contributed by atoms with Crippen LogP contribution in [0.15, 0.2) is 134 Å². The van der Waals surface area contributed by atoms with Crippen LogP contribution in [0.5, 0.6) is 0 Å². The normalized spacial score (nSPS) is 13.3. The first-order chi connectivity index (χ1) is 33.6. The molecular formula is C63H102O5. The first-order valence-corrected chi connectivity index (χ1v) is 27.7. The average molecular weight is 940 g/mol. The summed E-state index contributed by atoms with van der Waals surface area (Å²) in [7, 11) is 0. The summed E-state index contributed by atoms with van der Waals surface area (Å²) >= 11 is 0. The van der Waals surface area contributed by atoms with Gasteiger partial charge in [-0.2, -0.15) is 0 Å². The molecule has 0 aliphatic carbocycles. The van der Waals surface area contributed by atoms with Gasteiger partial charge in [-0.05, 0) is 103 Å². The number of hydrogen-bond donors (Lipinski definition) is 0. The second-order valence-corrected chi connectivity index (χ2v) is 17.7.